The first-order valence-electron chi connectivity index (χ1n) is 9.00. The first-order valence-corrected chi connectivity index (χ1v) is 9.38. The minimum absolute atomic E-state index is 0.295. The molecule has 3 rings (SSSR count). The number of rotatable bonds is 5. The highest BCUT2D eigenvalue weighted by molar-refractivity contribution is 6.34. The Morgan fingerprint density at radius 3 is 2.55 bits per heavy atom. The molecule has 0 fully saturated rings. The summed E-state index contributed by atoms with van der Waals surface area (Å²) < 4.78 is 0. The number of aromatic nitrogens is 1. The third-order valence-electron chi connectivity index (χ3n) is 4.33. The van der Waals surface area contributed by atoms with Gasteiger partial charge in [-0.1, -0.05) is 35.9 Å². The van der Waals surface area contributed by atoms with E-state index in [2.05, 4.69) is 15.6 Å². The summed E-state index contributed by atoms with van der Waals surface area (Å²) in [4.78, 5) is 28.9. The van der Waals surface area contributed by atoms with Gasteiger partial charge in [-0.2, -0.15) is 0 Å². The predicted molar refractivity (Wildman–Crippen MR) is 117 cm³/mol. The maximum absolute atomic E-state index is 12.7. The van der Waals surface area contributed by atoms with Gasteiger partial charge in [0.2, 0.25) is 5.91 Å². The van der Waals surface area contributed by atoms with Gasteiger partial charge in [-0.05, 0) is 60.9 Å². The van der Waals surface area contributed by atoms with Gasteiger partial charge >= 0.3 is 0 Å². The van der Waals surface area contributed by atoms with Gasteiger partial charge in [0, 0.05) is 29.7 Å². The molecule has 0 bridgehead atoms. The molecule has 0 unspecified atom stereocenters. The van der Waals surface area contributed by atoms with E-state index in [1.165, 1.54) is 6.08 Å². The molecule has 3 aromatic rings. The molecule has 1 aromatic heterocycles. The zero-order valence-electron chi connectivity index (χ0n) is 16.1. The lowest BCUT2D eigenvalue weighted by Crippen LogP contribution is -2.15. The molecule has 0 aliphatic rings. The lowest BCUT2D eigenvalue weighted by atomic mass is 10.1. The van der Waals surface area contributed by atoms with E-state index in [-0.39, 0.29) is 11.8 Å². The molecule has 5 nitrogen and oxygen atoms in total. The van der Waals surface area contributed by atoms with Crippen LogP contribution in [0, 0.1) is 13.8 Å². The molecule has 6 heteroatoms. The first-order chi connectivity index (χ1) is 13.9. The van der Waals surface area contributed by atoms with Crippen molar-refractivity contribution in [3.05, 3.63) is 94.3 Å². The van der Waals surface area contributed by atoms with Crippen molar-refractivity contribution in [3.63, 3.8) is 0 Å². The molecule has 1 heterocycles. The van der Waals surface area contributed by atoms with Crippen molar-refractivity contribution >= 4 is 40.9 Å². The number of aryl methyl sites for hydroxylation is 2. The summed E-state index contributed by atoms with van der Waals surface area (Å²) in [6.07, 6.45) is 6.43. The van der Waals surface area contributed by atoms with E-state index >= 15 is 0 Å². The van der Waals surface area contributed by atoms with Crippen LogP contribution in [-0.2, 0) is 4.79 Å². The number of amides is 2. The summed E-state index contributed by atoms with van der Waals surface area (Å²) in [6, 6.07) is 14.2. The SMILES string of the molecule is Cc1ccc(C(=O)Nc2c(C)cccc2Cl)cc1NC(=O)/C=C/c1cccnc1. The maximum atomic E-state index is 12.7. The van der Waals surface area contributed by atoms with Crippen molar-refractivity contribution in [1.29, 1.82) is 0 Å². The number of nitrogens with zero attached hydrogens (tertiary/aromatic N) is 1. The molecular formula is C23H20ClN3O2. The third-order valence-corrected chi connectivity index (χ3v) is 4.64. The van der Waals surface area contributed by atoms with Crippen molar-refractivity contribution in [1.82, 2.24) is 4.98 Å². The molecule has 0 saturated carbocycles. The van der Waals surface area contributed by atoms with Crippen LogP contribution in [0.4, 0.5) is 11.4 Å². The molecule has 0 radical (unpaired) electrons. The number of halogens is 1. The van der Waals surface area contributed by atoms with Crippen molar-refractivity contribution in [2.24, 2.45) is 0 Å². The Morgan fingerprint density at radius 2 is 1.83 bits per heavy atom. The van der Waals surface area contributed by atoms with Gasteiger partial charge in [0.1, 0.15) is 0 Å². The average molecular weight is 406 g/mol. The molecule has 29 heavy (non-hydrogen) atoms. The predicted octanol–water partition coefficient (Wildman–Crippen LogP) is 5.26. The fourth-order valence-corrected chi connectivity index (χ4v) is 2.96. The van der Waals surface area contributed by atoms with Crippen LogP contribution in [0.3, 0.4) is 0 Å². The average Bonchev–Trinajstić information content (AvgIpc) is 2.71. The van der Waals surface area contributed by atoms with Crippen molar-refractivity contribution < 1.29 is 9.59 Å². The van der Waals surface area contributed by atoms with E-state index in [9.17, 15) is 9.59 Å². The van der Waals surface area contributed by atoms with Gasteiger partial charge in [0.25, 0.3) is 5.91 Å². The van der Waals surface area contributed by atoms with Crippen LogP contribution in [0.5, 0.6) is 0 Å². The van der Waals surface area contributed by atoms with Crippen molar-refractivity contribution in [2.75, 3.05) is 10.6 Å². The van der Waals surface area contributed by atoms with Gasteiger partial charge in [0.05, 0.1) is 10.7 Å². The van der Waals surface area contributed by atoms with Gasteiger partial charge in [-0.15, -0.1) is 0 Å². The van der Waals surface area contributed by atoms with E-state index in [4.69, 9.17) is 11.6 Å². The molecular weight excluding hydrogens is 386 g/mol. The molecule has 2 amide bonds. The van der Waals surface area contributed by atoms with Crippen LogP contribution in [-0.4, -0.2) is 16.8 Å². The molecule has 0 atom stereocenters. The number of pyridine rings is 1. The minimum Gasteiger partial charge on any atom is -0.322 e. The van der Waals surface area contributed by atoms with Crippen LogP contribution in [0.15, 0.2) is 67.0 Å². The first kappa shape index (κ1) is 20.3. The lowest BCUT2D eigenvalue weighted by Gasteiger charge is -2.12. The molecule has 0 aliphatic heterocycles. The molecule has 146 valence electrons. The number of para-hydroxylation sites is 1. The van der Waals surface area contributed by atoms with Crippen LogP contribution >= 0.6 is 11.6 Å². The van der Waals surface area contributed by atoms with Crippen molar-refractivity contribution in [2.45, 2.75) is 13.8 Å². The van der Waals surface area contributed by atoms with E-state index in [1.807, 2.05) is 32.0 Å². The fourth-order valence-electron chi connectivity index (χ4n) is 2.69. The number of anilines is 2. The van der Waals surface area contributed by atoms with Crippen LogP contribution in [0.25, 0.3) is 6.08 Å². The summed E-state index contributed by atoms with van der Waals surface area (Å²) in [5.74, 6) is -0.598. The monoisotopic (exact) mass is 405 g/mol. The van der Waals surface area contributed by atoms with E-state index in [1.54, 1.807) is 48.8 Å². The molecule has 0 spiro atoms. The Morgan fingerprint density at radius 1 is 1.00 bits per heavy atom. The second-order valence-corrected chi connectivity index (χ2v) is 6.93. The Hall–Kier alpha value is -3.44. The third kappa shape index (κ3) is 5.30. The lowest BCUT2D eigenvalue weighted by molar-refractivity contribution is -0.111. The fraction of sp³-hybridized carbons (Fsp3) is 0.0870. The topological polar surface area (TPSA) is 71.1 Å². The van der Waals surface area contributed by atoms with Crippen LogP contribution in [0.2, 0.25) is 5.02 Å². The Kier molecular flexibility index (Phi) is 6.42. The number of carbonyl (C=O) groups excluding carboxylic acids is 2. The highest BCUT2D eigenvalue weighted by atomic mass is 35.5. The van der Waals surface area contributed by atoms with Gasteiger partial charge in [0.15, 0.2) is 0 Å². The minimum atomic E-state index is -0.303. The summed E-state index contributed by atoms with van der Waals surface area (Å²) in [6.45, 7) is 3.73. The second kappa shape index (κ2) is 9.17. The quantitative estimate of drug-likeness (QED) is 0.569. The number of carbonyl (C=O) groups is 2. The number of hydrogen-bond donors (Lipinski definition) is 2. The largest absolute Gasteiger partial charge is 0.322 e. The molecule has 2 aromatic carbocycles. The van der Waals surface area contributed by atoms with Gasteiger partial charge < -0.3 is 10.6 Å². The molecule has 0 saturated heterocycles. The Labute approximate surface area is 174 Å². The Bertz CT molecular complexity index is 1060. The summed E-state index contributed by atoms with van der Waals surface area (Å²) in [7, 11) is 0. The van der Waals surface area contributed by atoms with Gasteiger partial charge in [-0.25, -0.2) is 0 Å². The zero-order chi connectivity index (χ0) is 20.8. The standard InChI is InChI=1S/C23H20ClN3O2/c1-15-8-10-18(23(29)27-22-16(2)5-3-7-19(22)24)13-20(15)26-21(28)11-9-17-6-4-12-25-14-17/h3-14H,1-2H3,(H,26,28)(H,27,29)/b11-9+. The molecule has 2 N–H and O–H groups in total. The second-order valence-electron chi connectivity index (χ2n) is 6.52. The van der Waals surface area contributed by atoms with E-state index in [0.29, 0.717) is 22.0 Å². The number of benzene rings is 2. The highest BCUT2D eigenvalue weighted by Crippen LogP contribution is 2.26. The highest BCUT2D eigenvalue weighted by Gasteiger charge is 2.12. The van der Waals surface area contributed by atoms with Gasteiger partial charge in [-0.3, -0.25) is 14.6 Å². The summed E-state index contributed by atoms with van der Waals surface area (Å²) in [5, 5.41) is 6.12. The van der Waals surface area contributed by atoms with E-state index < -0.39 is 0 Å². The smallest absolute Gasteiger partial charge is 0.255 e. The zero-order valence-corrected chi connectivity index (χ0v) is 16.8. The number of hydrogen-bond acceptors (Lipinski definition) is 3. The maximum Gasteiger partial charge on any atom is 0.255 e. The number of nitrogens with one attached hydrogen (secondary N) is 2. The Balaban J connectivity index is 1.74. The summed E-state index contributed by atoms with van der Waals surface area (Å²) in [5.41, 5.74) is 4.09. The van der Waals surface area contributed by atoms with E-state index in [0.717, 1.165) is 16.7 Å². The van der Waals surface area contributed by atoms with Crippen LogP contribution in [0.1, 0.15) is 27.0 Å². The summed E-state index contributed by atoms with van der Waals surface area (Å²) >= 11 is 6.19. The van der Waals surface area contributed by atoms with Crippen molar-refractivity contribution in [3.8, 4) is 0 Å². The van der Waals surface area contributed by atoms with Crippen LogP contribution < -0.4 is 10.6 Å². The molecule has 0 aliphatic carbocycles. The normalized spacial score (nSPS) is 10.7.